The van der Waals surface area contributed by atoms with Crippen LogP contribution in [0.15, 0.2) is 60.7 Å². The molecule has 0 radical (unpaired) electrons. The maximum Gasteiger partial charge on any atom is 0.227 e. The maximum atomic E-state index is 12.7. The first-order valence-electron chi connectivity index (χ1n) is 10.6. The van der Waals surface area contributed by atoms with Gasteiger partial charge in [-0.15, -0.1) is 0 Å². The summed E-state index contributed by atoms with van der Waals surface area (Å²) in [6.45, 7) is 2.04. The molecule has 1 N–H and O–H groups in total. The van der Waals surface area contributed by atoms with Crippen molar-refractivity contribution in [1.29, 1.82) is 0 Å². The minimum Gasteiger partial charge on any atom is -0.486 e. The van der Waals surface area contributed by atoms with Crippen LogP contribution in [-0.4, -0.2) is 38.1 Å². The molecule has 2 heterocycles. The fraction of sp³-hybridized carbons (Fsp3) is 0.280. The normalized spacial score (nSPS) is 17.7. The average Bonchev–Trinajstić information content (AvgIpc) is 3.20. The summed E-state index contributed by atoms with van der Waals surface area (Å²) in [7, 11) is 0. The first-order chi connectivity index (χ1) is 15.2. The molecule has 3 aromatic carbocycles. The second kappa shape index (κ2) is 8.30. The van der Waals surface area contributed by atoms with Gasteiger partial charge in [-0.2, -0.15) is 0 Å². The summed E-state index contributed by atoms with van der Waals surface area (Å²) in [6.07, 6.45) is 0.926. The number of carbonyl (C=O) groups is 2. The lowest BCUT2D eigenvalue weighted by Crippen LogP contribution is -2.34. The van der Waals surface area contributed by atoms with Crippen LogP contribution in [0.3, 0.4) is 0 Å². The second-order valence-electron chi connectivity index (χ2n) is 7.92. The quantitative estimate of drug-likeness (QED) is 0.693. The molecule has 0 bridgehead atoms. The molecular weight excluding hydrogens is 392 g/mol. The van der Waals surface area contributed by atoms with E-state index in [1.807, 2.05) is 60.7 Å². The van der Waals surface area contributed by atoms with E-state index < -0.39 is 0 Å². The van der Waals surface area contributed by atoms with Crippen LogP contribution in [0.2, 0.25) is 0 Å². The lowest BCUT2D eigenvalue weighted by molar-refractivity contribution is -0.126. The highest BCUT2D eigenvalue weighted by Gasteiger charge is 2.35. The lowest BCUT2D eigenvalue weighted by atomic mass is 10.1. The number of nitrogens with zero attached hydrogens (tertiary/aromatic N) is 1. The van der Waals surface area contributed by atoms with Crippen LogP contribution >= 0.6 is 0 Å². The number of benzene rings is 3. The molecule has 6 nitrogen and oxygen atoms in total. The number of ether oxygens (including phenoxy) is 2. The van der Waals surface area contributed by atoms with E-state index >= 15 is 0 Å². The van der Waals surface area contributed by atoms with E-state index in [-0.39, 0.29) is 24.2 Å². The Morgan fingerprint density at radius 1 is 1.00 bits per heavy atom. The van der Waals surface area contributed by atoms with Crippen molar-refractivity contribution in [3.63, 3.8) is 0 Å². The Hall–Kier alpha value is -3.54. The number of hydrogen-bond acceptors (Lipinski definition) is 4. The standard InChI is InChI=1S/C25H24N2O4/c28-24-15-19(16-27(24)21-7-3-5-18-4-1-2-6-20(18)21)25(29)26-11-10-17-8-9-22-23(14-17)31-13-12-30-22/h1-9,14,19H,10-13,15-16H2,(H,26,29)/t19-/m1/s1. The molecule has 1 fully saturated rings. The van der Waals surface area contributed by atoms with Crippen molar-refractivity contribution in [3.8, 4) is 11.5 Å². The Morgan fingerprint density at radius 3 is 2.71 bits per heavy atom. The van der Waals surface area contributed by atoms with Gasteiger partial charge in [-0.25, -0.2) is 0 Å². The van der Waals surface area contributed by atoms with Crippen molar-refractivity contribution >= 4 is 28.3 Å². The van der Waals surface area contributed by atoms with E-state index in [1.165, 1.54) is 0 Å². The zero-order valence-corrected chi connectivity index (χ0v) is 17.2. The lowest BCUT2D eigenvalue weighted by Gasteiger charge is -2.19. The minimum absolute atomic E-state index is 0.0108. The fourth-order valence-electron chi connectivity index (χ4n) is 4.28. The van der Waals surface area contributed by atoms with Crippen molar-refractivity contribution in [3.05, 3.63) is 66.2 Å². The molecule has 158 valence electrons. The Balaban J connectivity index is 1.20. The molecule has 0 spiro atoms. The Bertz CT molecular complexity index is 1140. The average molecular weight is 416 g/mol. The first-order valence-corrected chi connectivity index (χ1v) is 10.6. The van der Waals surface area contributed by atoms with E-state index in [0.29, 0.717) is 32.7 Å². The van der Waals surface area contributed by atoms with Gasteiger partial charge in [-0.05, 0) is 35.6 Å². The molecule has 1 atom stereocenters. The summed E-state index contributed by atoms with van der Waals surface area (Å²) in [5.41, 5.74) is 1.94. The number of fused-ring (bicyclic) bond motifs is 2. The molecule has 5 rings (SSSR count). The summed E-state index contributed by atoms with van der Waals surface area (Å²) in [5.74, 6) is 1.09. The van der Waals surface area contributed by atoms with Crippen molar-refractivity contribution in [2.45, 2.75) is 12.8 Å². The number of rotatable bonds is 5. The highest BCUT2D eigenvalue weighted by Crippen LogP contribution is 2.32. The number of anilines is 1. The topological polar surface area (TPSA) is 67.9 Å². The third-order valence-electron chi connectivity index (χ3n) is 5.87. The van der Waals surface area contributed by atoms with Gasteiger partial charge in [0.2, 0.25) is 11.8 Å². The van der Waals surface area contributed by atoms with Gasteiger partial charge in [-0.1, -0.05) is 42.5 Å². The highest BCUT2D eigenvalue weighted by molar-refractivity contribution is 6.06. The predicted octanol–water partition coefficient (Wildman–Crippen LogP) is 3.32. The van der Waals surface area contributed by atoms with Crippen LogP contribution in [0, 0.1) is 5.92 Å². The summed E-state index contributed by atoms with van der Waals surface area (Å²) in [5, 5.41) is 5.10. The number of hydrogen-bond donors (Lipinski definition) is 1. The summed E-state index contributed by atoms with van der Waals surface area (Å²) >= 11 is 0. The number of carbonyl (C=O) groups excluding carboxylic acids is 2. The van der Waals surface area contributed by atoms with E-state index in [9.17, 15) is 9.59 Å². The molecule has 2 aliphatic heterocycles. The zero-order valence-electron chi connectivity index (χ0n) is 17.2. The number of amides is 2. The molecule has 0 aliphatic carbocycles. The molecule has 0 aromatic heterocycles. The van der Waals surface area contributed by atoms with Crippen LogP contribution in [0.5, 0.6) is 11.5 Å². The summed E-state index contributed by atoms with van der Waals surface area (Å²) in [6, 6.07) is 19.8. The smallest absolute Gasteiger partial charge is 0.227 e. The van der Waals surface area contributed by atoms with Gasteiger partial charge in [-0.3, -0.25) is 9.59 Å². The van der Waals surface area contributed by atoms with Gasteiger partial charge in [0, 0.05) is 24.9 Å². The van der Waals surface area contributed by atoms with Crippen LogP contribution < -0.4 is 19.7 Å². The van der Waals surface area contributed by atoms with Gasteiger partial charge >= 0.3 is 0 Å². The molecular formula is C25H24N2O4. The zero-order chi connectivity index (χ0) is 21.2. The molecule has 0 unspecified atom stereocenters. The largest absolute Gasteiger partial charge is 0.486 e. The first kappa shape index (κ1) is 19.4. The van der Waals surface area contributed by atoms with Gasteiger partial charge in [0.15, 0.2) is 11.5 Å². The van der Waals surface area contributed by atoms with Gasteiger partial charge in [0.25, 0.3) is 0 Å². The molecule has 0 saturated carbocycles. The second-order valence-corrected chi connectivity index (χ2v) is 7.92. The highest BCUT2D eigenvalue weighted by atomic mass is 16.6. The van der Waals surface area contributed by atoms with Crippen molar-refractivity contribution < 1.29 is 19.1 Å². The van der Waals surface area contributed by atoms with Crippen molar-refractivity contribution in [2.75, 3.05) is 31.2 Å². The molecule has 2 aliphatic rings. The molecule has 3 aromatic rings. The third kappa shape index (κ3) is 3.93. The molecule has 1 saturated heterocycles. The maximum absolute atomic E-state index is 12.7. The number of nitrogens with one attached hydrogen (secondary N) is 1. The Kier molecular flexibility index (Phi) is 5.20. The van der Waals surface area contributed by atoms with E-state index in [2.05, 4.69) is 5.32 Å². The van der Waals surface area contributed by atoms with Crippen LogP contribution in [0.25, 0.3) is 10.8 Å². The van der Waals surface area contributed by atoms with Crippen molar-refractivity contribution in [2.24, 2.45) is 5.92 Å². The molecule has 31 heavy (non-hydrogen) atoms. The third-order valence-corrected chi connectivity index (χ3v) is 5.87. The predicted molar refractivity (Wildman–Crippen MR) is 119 cm³/mol. The van der Waals surface area contributed by atoms with E-state index in [0.717, 1.165) is 33.5 Å². The molecule has 6 heteroatoms. The van der Waals surface area contributed by atoms with Crippen LogP contribution in [0.1, 0.15) is 12.0 Å². The van der Waals surface area contributed by atoms with Gasteiger partial charge in [0.05, 0.1) is 11.6 Å². The minimum atomic E-state index is -0.341. The van der Waals surface area contributed by atoms with Crippen molar-refractivity contribution in [1.82, 2.24) is 5.32 Å². The summed E-state index contributed by atoms with van der Waals surface area (Å²) in [4.78, 5) is 27.1. The van der Waals surface area contributed by atoms with E-state index in [1.54, 1.807) is 4.90 Å². The van der Waals surface area contributed by atoms with Crippen LogP contribution in [0.4, 0.5) is 5.69 Å². The van der Waals surface area contributed by atoms with E-state index in [4.69, 9.17) is 9.47 Å². The summed E-state index contributed by atoms with van der Waals surface area (Å²) < 4.78 is 11.2. The van der Waals surface area contributed by atoms with Gasteiger partial charge < -0.3 is 19.7 Å². The molecule has 2 amide bonds. The SMILES string of the molecule is O=C(NCCc1ccc2c(c1)OCCO2)[C@@H]1CC(=O)N(c2cccc3ccccc23)C1. The van der Waals surface area contributed by atoms with Gasteiger partial charge in [0.1, 0.15) is 13.2 Å². The van der Waals surface area contributed by atoms with Crippen LogP contribution in [-0.2, 0) is 16.0 Å². The Morgan fingerprint density at radius 2 is 1.81 bits per heavy atom. The Labute approximate surface area is 180 Å². The fourth-order valence-corrected chi connectivity index (χ4v) is 4.28. The monoisotopic (exact) mass is 416 g/mol.